The Balaban J connectivity index is 1.72. The summed E-state index contributed by atoms with van der Waals surface area (Å²) in [6.07, 6.45) is 1.78. The fraction of sp³-hybridized carbons (Fsp3) is 0.250. The van der Waals surface area contributed by atoms with Gasteiger partial charge in [-0.25, -0.2) is 9.88 Å². The van der Waals surface area contributed by atoms with Crippen LogP contribution in [0.1, 0.15) is 23.6 Å². The first-order valence-electron chi connectivity index (χ1n) is 8.44. The predicted molar refractivity (Wildman–Crippen MR) is 98.3 cm³/mol. The molecule has 1 saturated heterocycles. The fourth-order valence-electron chi connectivity index (χ4n) is 3.37. The van der Waals surface area contributed by atoms with Gasteiger partial charge in [-0.15, -0.1) is 0 Å². The van der Waals surface area contributed by atoms with Crippen molar-refractivity contribution in [1.82, 2.24) is 9.55 Å². The number of imidazole rings is 1. The number of hydrogen-bond donors (Lipinski definition) is 0. The van der Waals surface area contributed by atoms with Gasteiger partial charge in [-0.1, -0.05) is 0 Å². The van der Waals surface area contributed by atoms with Crippen LogP contribution in [0.2, 0.25) is 0 Å². The molecule has 1 aliphatic rings. The first-order valence-corrected chi connectivity index (χ1v) is 8.44. The molecule has 1 atom stereocenters. The van der Waals surface area contributed by atoms with Crippen LogP contribution in [0, 0.1) is 13.8 Å². The van der Waals surface area contributed by atoms with Crippen molar-refractivity contribution < 1.29 is 14.3 Å². The smallest absolute Gasteiger partial charge is 0.257 e. The van der Waals surface area contributed by atoms with E-state index in [0.717, 1.165) is 22.2 Å². The molecule has 2 aromatic carbocycles. The van der Waals surface area contributed by atoms with Gasteiger partial charge in [0.05, 0.1) is 36.6 Å². The Morgan fingerprint density at radius 1 is 1.08 bits per heavy atom. The number of imide groups is 1. The van der Waals surface area contributed by atoms with E-state index in [0.29, 0.717) is 11.4 Å². The summed E-state index contributed by atoms with van der Waals surface area (Å²) in [6, 6.07) is 10.4. The molecule has 4 rings (SSSR count). The standard InChI is InChI=1S/C20H19N3O3/c1-12-8-16-17(9-13(12)2)22(11-21-16)18-10-19(24)23(20(18)25)14-4-6-15(26-3)7-5-14/h4-9,11,18H,10H2,1-3H3. The van der Waals surface area contributed by atoms with Crippen molar-refractivity contribution in [1.29, 1.82) is 0 Å². The molecule has 0 N–H and O–H groups in total. The number of anilines is 1. The van der Waals surface area contributed by atoms with E-state index in [4.69, 9.17) is 4.74 Å². The summed E-state index contributed by atoms with van der Waals surface area (Å²) >= 11 is 0. The molecule has 0 bridgehead atoms. The number of hydrogen-bond acceptors (Lipinski definition) is 4. The second kappa shape index (κ2) is 5.98. The van der Waals surface area contributed by atoms with Crippen molar-refractivity contribution in [2.75, 3.05) is 12.0 Å². The summed E-state index contributed by atoms with van der Waals surface area (Å²) < 4.78 is 6.94. The zero-order valence-corrected chi connectivity index (χ0v) is 14.9. The van der Waals surface area contributed by atoms with Gasteiger partial charge in [0, 0.05) is 0 Å². The van der Waals surface area contributed by atoms with Crippen LogP contribution in [0.4, 0.5) is 5.69 Å². The molecule has 2 heterocycles. The molecule has 2 amide bonds. The van der Waals surface area contributed by atoms with Crippen LogP contribution in [0.5, 0.6) is 5.75 Å². The molecule has 6 nitrogen and oxygen atoms in total. The third kappa shape index (κ3) is 2.45. The lowest BCUT2D eigenvalue weighted by Crippen LogP contribution is -2.31. The minimum Gasteiger partial charge on any atom is -0.497 e. The van der Waals surface area contributed by atoms with Crippen LogP contribution in [-0.2, 0) is 9.59 Å². The van der Waals surface area contributed by atoms with Crippen molar-refractivity contribution in [3.8, 4) is 5.75 Å². The first kappa shape index (κ1) is 16.3. The topological polar surface area (TPSA) is 64.4 Å². The van der Waals surface area contributed by atoms with E-state index >= 15 is 0 Å². The normalized spacial score (nSPS) is 17.3. The van der Waals surface area contributed by atoms with Crippen LogP contribution < -0.4 is 9.64 Å². The van der Waals surface area contributed by atoms with Gasteiger partial charge in [0.1, 0.15) is 11.8 Å². The molecule has 1 aromatic heterocycles. The van der Waals surface area contributed by atoms with E-state index in [1.54, 1.807) is 37.7 Å². The average Bonchev–Trinajstić information content (AvgIpc) is 3.15. The summed E-state index contributed by atoms with van der Waals surface area (Å²) in [6.45, 7) is 4.06. The zero-order valence-electron chi connectivity index (χ0n) is 14.9. The molecule has 0 aliphatic carbocycles. The Hall–Kier alpha value is -3.15. The second-order valence-corrected chi connectivity index (χ2v) is 6.56. The van der Waals surface area contributed by atoms with E-state index in [-0.39, 0.29) is 18.2 Å². The third-order valence-corrected chi connectivity index (χ3v) is 4.98. The molecule has 6 heteroatoms. The quantitative estimate of drug-likeness (QED) is 0.681. The summed E-state index contributed by atoms with van der Waals surface area (Å²) in [5, 5.41) is 0. The van der Waals surface area contributed by atoms with Crippen LogP contribution in [-0.4, -0.2) is 28.5 Å². The minimum absolute atomic E-state index is 0.128. The highest BCUT2D eigenvalue weighted by Gasteiger charge is 2.41. The minimum atomic E-state index is -0.572. The van der Waals surface area contributed by atoms with Gasteiger partial charge < -0.3 is 9.30 Å². The molecule has 0 radical (unpaired) electrons. The molecule has 132 valence electrons. The molecule has 0 spiro atoms. The molecular weight excluding hydrogens is 330 g/mol. The number of ether oxygens (including phenoxy) is 1. The Morgan fingerprint density at radius 3 is 2.46 bits per heavy atom. The number of fused-ring (bicyclic) bond motifs is 1. The van der Waals surface area contributed by atoms with Gasteiger partial charge >= 0.3 is 0 Å². The van der Waals surface area contributed by atoms with Gasteiger partial charge in [-0.05, 0) is 61.4 Å². The maximum Gasteiger partial charge on any atom is 0.257 e. The number of amides is 2. The van der Waals surface area contributed by atoms with Crippen LogP contribution in [0.15, 0.2) is 42.7 Å². The Bertz CT molecular complexity index is 1020. The highest BCUT2D eigenvalue weighted by Crippen LogP contribution is 2.33. The van der Waals surface area contributed by atoms with Crippen molar-refractivity contribution >= 4 is 28.5 Å². The number of benzene rings is 2. The fourth-order valence-corrected chi connectivity index (χ4v) is 3.37. The number of aromatic nitrogens is 2. The Morgan fingerprint density at radius 2 is 1.77 bits per heavy atom. The molecular formula is C20H19N3O3. The van der Waals surface area contributed by atoms with Crippen LogP contribution in [0.3, 0.4) is 0 Å². The lowest BCUT2D eigenvalue weighted by atomic mass is 10.1. The van der Waals surface area contributed by atoms with Gasteiger partial charge in [-0.3, -0.25) is 9.59 Å². The van der Waals surface area contributed by atoms with Crippen molar-refractivity contribution in [3.05, 3.63) is 53.9 Å². The van der Waals surface area contributed by atoms with Crippen molar-refractivity contribution in [3.63, 3.8) is 0 Å². The molecule has 26 heavy (non-hydrogen) atoms. The molecule has 0 saturated carbocycles. The highest BCUT2D eigenvalue weighted by atomic mass is 16.5. The SMILES string of the molecule is COc1ccc(N2C(=O)CC(n3cnc4cc(C)c(C)cc43)C2=O)cc1. The number of aryl methyl sites for hydroxylation is 2. The van der Waals surface area contributed by atoms with Crippen LogP contribution in [0.25, 0.3) is 11.0 Å². The lowest BCUT2D eigenvalue weighted by Gasteiger charge is -2.16. The third-order valence-electron chi connectivity index (χ3n) is 4.98. The number of rotatable bonds is 3. The summed E-state index contributed by atoms with van der Waals surface area (Å²) in [7, 11) is 1.57. The maximum atomic E-state index is 13.0. The summed E-state index contributed by atoms with van der Waals surface area (Å²) in [5.74, 6) is 0.226. The van der Waals surface area contributed by atoms with E-state index in [1.807, 2.05) is 30.5 Å². The molecule has 1 unspecified atom stereocenters. The monoisotopic (exact) mass is 349 g/mol. The maximum absolute atomic E-state index is 13.0. The Kier molecular flexibility index (Phi) is 3.76. The Labute approximate surface area is 151 Å². The second-order valence-electron chi connectivity index (χ2n) is 6.56. The van der Waals surface area contributed by atoms with Gasteiger partial charge in [0.15, 0.2) is 0 Å². The van der Waals surface area contributed by atoms with Gasteiger partial charge in [0.25, 0.3) is 5.91 Å². The number of nitrogens with zero attached hydrogens (tertiary/aromatic N) is 3. The predicted octanol–water partition coefficient (Wildman–Crippen LogP) is 3.17. The summed E-state index contributed by atoms with van der Waals surface area (Å²) in [4.78, 5) is 31.2. The van der Waals surface area contributed by atoms with Gasteiger partial charge in [-0.2, -0.15) is 0 Å². The number of carbonyl (C=O) groups excluding carboxylic acids is 2. The molecule has 1 fully saturated rings. The van der Waals surface area contributed by atoms with Crippen molar-refractivity contribution in [2.45, 2.75) is 26.3 Å². The largest absolute Gasteiger partial charge is 0.497 e. The van der Waals surface area contributed by atoms with Crippen LogP contribution >= 0.6 is 0 Å². The van der Waals surface area contributed by atoms with Gasteiger partial charge in [0.2, 0.25) is 5.91 Å². The van der Waals surface area contributed by atoms with E-state index < -0.39 is 6.04 Å². The van der Waals surface area contributed by atoms with Crippen molar-refractivity contribution in [2.24, 2.45) is 0 Å². The zero-order chi connectivity index (χ0) is 18.4. The first-order chi connectivity index (χ1) is 12.5. The highest BCUT2D eigenvalue weighted by molar-refractivity contribution is 6.21. The number of methoxy groups -OCH3 is 1. The average molecular weight is 349 g/mol. The van der Waals surface area contributed by atoms with E-state index in [1.165, 1.54) is 4.90 Å². The van der Waals surface area contributed by atoms with E-state index in [2.05, 4.69) is 4.98 Å². The molecule has 1 aliphatic heterocycles. The molecule has 3 aromatic rings. The summed E-state index contributed by atoms with van der Waals surface area (Å²) in [5.41, 5.74) is 4.53. The lowest BCUT2D eigenvalue weighted by molar-refractivity contribution is -0.122. The van der Waals surface area contributed by atoms with E-state index in [9.17, 15) is 9.59 Å². The number of carbonyl (C=O) groups is 2.